The lowest BCUT2D eigenvalue weighted by Gasteiger charge is -2.34. The molecule has 2 N–H and O–H groups in total. The Balaban J connectivity index is 1.87. The van der Waals surface area contributed by atoms with Crippen molar-refractivity contribution in [2.24, 2.45) is 4.99 Å². The van der Waals surface area contributed by atoms with Gasteiger partial charge in [0.25, 0.3) is 0 Å². The molecule has 0 aromatic carbocycles. The molecular formula is C9H12ClN4OSSi. The molecule has 17 heavy (non-hydrogen) atoms. The largest absolute Gasteiger partial charge is 0.378 e. The number of hydrogen-bond acceptors (Lipinski definition) is 6. The highest BCUT2D eigenvalue weighted by Gasteiger charge is 2.35. The van der Waals surface area contributed by atoms with E-state index in [2.05, 4.69) is 30.8 Å². The van der Waals surface area contributed by atoms with E-state index in [9.17, 15) is 0 Å². The molecule has 5 nitrogen and oxygen atoms in total. The Morgan fingerprint density at radius 3 is 3.00 bits per heavy atom. The molecule has 0 spiro atoms. The maximum atomic E-state index is 6.10. The van der Waals surface area contributed by atoms with Crippen molar-refractivity contribution in [2.45, 2.75) is 11.0 Å². The average molecular weight is 288 g/mol. The number of alkyl halides is 1. The minimum absolute atomic E-state index is 0.0332. The van der Waals surface area contributed by atoms with Crippen molar-refractivity contribution in [2.75, 3.05) is 26.3 Å². The van der Waals surface area contributed by atoms with Crippen molar-refractivity contribution in [1.29, 1.82) is 0 Å². The number of rotatable bonds is 1. The van der Waals surface area contributed by atoms with Crippen LogP contribution in [-0.4, -0.2) is 57.9 Å². The number of morpholine rings is 1. The molecular weight excluding hydrogens is 276 g/mol. The van der Waals surface area contributed by atoms with Crippen LogP contribution in [0.5, 0.6) is 0 Å². The number of aliphatic imine (C=N–C) groups is 1. The molecule has 3 heterocycles. The summed E-state index contributed by atoms with van der Waals surface area (Å²) in [4.78, 5) is 7.75. The quantitative estimate of drug-likeness (QED) is 0.397. The van der Waals surface area contributed by atoms with Gasteiger partial charge in [0.2, 0.25) is 0 Å². The van der Waals surface area contributed by atoms with E-state index in [0.717, 1.165) is 42.5 Å². The maximum Gasteiger partial charge on any atom is 0.138 e. The van der Waals surface area contributed by atoms with Crippen molar-refractivity contribution in [1.82, 2.24) is 15.5 Å². The second-order valence-electron chi connectivity index (χ2n) is 3.92. The number of nitrogens with one attached hydrogen (secondary N) is 2. The van der Waals surface area contributed by atoms with Crippen LogP contribution in [0.1, 0.15) is 0 Å². The maximum absolute atomic E-state index is 6.10. The average Bonchev–Trinajstić information content (AvgIpc) is 2.69. The lowest BCUT2D eigenvalue weighted by Crippen LogP contribution is -2.46. The number of ether oxygens (including phenoxy) is 1. The van der Waals surface area contributed by atoms with Crippen molar-refractivity contribution < 1.29 is 4.74 Å². The fourth-order valence-electron chi connectivity index (χ4n) is 2.05. The topological polar surface area (TPSA) is 48.9 Å². The molecule has 3 aliphatic rings. The third-order valence-electron chi connectivity index (χ3n) is 2.82. The Labute approximate surface area is 112 Å². The smallest absolute Gasteiger partial charge is 0.138 e. The molecule has 8 heteroatoms. The monoisotopic (exact) mass is 287 g/mol. The van der Waals surface area contributed by atoms with E-state index >= 15 is 0 Å². The molecule has 0 aromatic rings. The van der Waals surface area contributed by atoms with Gasteiger partial charge in [0.1, 0.15) is 27.1 Å². The van der Waals surface area contributed by atoms with E-state index in [1.54, 1.807) is 11.8 Å². The Hall–Kier alpha value is -0.213. The second kappa shape index (κ2) is 4.81. The van der Waals surface area contributed by atoms with Gasteiger partial charge >= 0.3 is 0 Å². The fraction of sp³-hybridized carbons (Fsp3) is 0.667. The number of amidine groups is 1. The van der Waals surface area contributed by atoms with Gasteiger partial charge in [-0.05, 0) is 0 Å². The first-order valence-corrected chi connectivity index (χ1v) is 7.26. The molecule has 0 aliphatic carbocycles. The van der Waals surface area contributed by atoms with Gasteiger partial charge in [-0.2, -0.15) is 0 Å². The van der Waals surface area contributed by atoms with Crippen LogP contribution in [0.2, 0.25) is 0 Å². The van der Waals surface area contributed by atoms with Crippen LogP contribution in [0, 0.1) is 0 Å². The van der Waals surface area contributed by atoms with Crippen LogP contribution in [0.15, 0.2) is 15.7 Å². The Kier molecular flexibility index (Phi) is 3.35. The van der Waals surface area contributed by atoms with Crippen LogP contribution in [0.25, 0.3) is 0 Å². The molecule has 2 fully saturated rings. The molecule has 3 radical (unpaired) electrons. The summed E-state index contributed by atoms with van der Waals surface area (Å²) in [6.45, 7) is 3.32. The van der Waals surface area contributed by atoms with Gasteiger partial charge < -0.3 is 15.0 Å². The molecule has 0 aromatic heterocycles. The van der Waals surface area contributed by atoms with Gasteiger partial charge in [0, 0.05) is 13.1 Å². The van der Waals surface area contributed by atoms with Crippen molar-refractivity contribution in [3.8, 4) is 0 Å². The SMILES string of the molecule is [Si]C1=NC2NC(Cl)SC2=C(N2CCOCC2)N1. The number of thioether (sulfide) groups is 1. The minimum Gasteiger partial charge on any atom is -0.378 e. The summed E-state index contributed by atoms with van der Waals surface area (Å²) in [5.41, 5.74) is 0.735. The van der Waals surface area contributed by atoms with Crippen LogP contribution in [0.3, 0.4) is 0 Å². The van der Waals surface area contributed by atoms with Crippen molar-refractivity contribution in [3.05, 3.63) is 10.7 Å². The van der Waals surface area contributed by atoms with Gasteiger partial charge in [-0.15, -0.1) is 0 Å². The van der Waals surface area contributed by atoms with Gasteiger partial charge in [-0.25, -0.2) is 0 Å². The fourth-order valence-corrected chi connectivity index (χ4v) is 3.66. The molecule has 3 rings (SSSR count). The molecule has 0 bridgehead atoms. The summed E-state index contributed by atoms with van der Waals surface area (Å²) >= 11 is 7.71. The summed E-state index contributed by atoms with van der Waals surface area (Å²) in [6, 6.07) is 0. The second-order valence-corrected chi connectivity index (χ2v) is 6.23. The third-order valence-corrected chi connectivity index (χ3v) is 4.48. The highest BCUT2D eigenvalue weighted by atomic mass is 35.5. The number of nitrogens with zero attached hydrogens (tertiary/aromatic N) is 2. The van der Waals surface area contributed by atoms with E-state index in [0.29, 0.717) is 0 Å². The standard InChI is InChI=1S/C9H12ClN4OSSi/c10-8-11-6-5(16-8)7(13-9(17)12-6)14-1-3-15-4-2-14/h6,8,11H,1-4H2,(H,12,13). The van der Waals surface area contributed by atoms with Crippen molar-refractivity contribution in [3.63, 3.8) is 0 Å². The highest BCUT2D eigenvalue weighted by molar-refractivity contribution is 8.05. The van der Waals surface area contributed by atoms with Crippen molar-refractivity contribution >= 4 is 39.1 Å². The predicted octanol–water partition coefficient (Wildman–Crippen LogP) is -0.200. The number of halogens is 1. The summed E-state index contributed by atoms with van der Waals surface area (Å²) in [7, 11) is 3.46. The van der Waals surface area contributed by atoms with E-state index < -0.39 is 0 Å². The first-order valence-electron chi connectivity index (χ1n) is 5.44. The molecule has 2 atom stereocenters. The zero-order chi connectivity index (χ0) is 11.8. The predicted molar refractivity (Wildman–Crippen MR) is 69.9 cm³/mol. The highest BCUT2D eigenvalue weighted by Crippen LogP contribution is 2.37. The molecule has 2 saturated heterocycles. The minimum atomic E-state index is -0.117. The van der Waals surface area contributed by atoms with E-state index in [1.165, 1.54) is 0 Å². The molecule has 0 saturated carbocycles. The van der Waals surface area contributed by atoms with Crippen LogP contribution < -0.4 is 10.6 Å². The normalized spacial score (nSPS) is 33.3. The first-order chi connectivity index (χ1) is 8.24. The summed E-state index contributed by atoms with van der Waals surface area (Å²) in [6.07, 6.45) is -0.0332. The van der Waals surface area contributed by atoms with Gasteiger partial charge in [-0.1, -0.05) is 23.4 Å². The molecule has 0 amide bonds. The Bertz CT molecular complexity index is 385. The van der Waals surface area contributed by atoms with Crippen LogP contribution in [0.4, 0.5) is 0 Å². The van der Waals surface area contributed by atoms with Gasteiger partial charge in [0.05, 0.1) is 23.6 Å². The van der Waals surface area contributed by atoms with E-state index in [-0.39, 0.29) is 11.0 Å². The van der Waals surface area contributed by atoms with Crippen LogP contribution in [-0.2, 0) is 4.74 Å². The van der Waals surface area contributed by atoms with Gasteiger partial charge in [0.15, 0.2) is 0 Å². The van der Waals surface area contributed by atoms with Crippen LogP contribution >= 0.6 is 23.4 Å². The molecule has 91 valence electrons. The molecule has 2 unspecified atom stereocenters. The number of hydrogen-bond donors (Lipinski definition) is 2. The lowest BCUT2D eigenvalue weighted by atomic mass is 10.3. The lowest BCUT2D eigenvalue weighted by molar-refractivity contribution is 0.0511. The Morgan fingerprint density at radius 1 is 1.47 bits per heavy atom. The zero-order valence-corrected chi connectivity index (χ0v) is 11.6. The zero-order valence-electron chi connectivity index (χ0n) is 9.07. The number of fused-ring (bicyclic) bond motifs is 1. The first kappa shape index (κ1) is 11.9. The summed E-state index contributed by atoms with van der Waals surface area (Å²) in [5.74, 6) is 1.10. The Morgan fingerprint density at radius 2 is 2.24 bits per heavy atom. The van der Waals surface area contributed by atoms with Gasteiger partial charge in [-0.3, -0.25) is 10.3 Å². The van der Waals surface area contributed by atoms with E-state index in [1.807, 2.05) is 0 Å². The summed E-state index contributed by atoms with van der Waals surface area (Å²) < 4.78 is 5.37. The summed E-state index contributed by atoms with van der Waals surface area (Å²) in [5, 5.41) is 6.48. The van der Waals surface area contributed by atoms with E-state index in [4.69, 9.17) is 16.3 Å². The molecule has 3 aliphatic heterocycles. The third kappa shape index (κ3) is 2.34.